The molecular formula is C24H44O3. The van der Waals surface area contributed by atoms with Gasteiger partial charge in [0, 0.05) is 6.42 Å². The van der Waals surface area contributed by atoms with E-state index in [1.165, 1.54) is 57.8 Å². The van der Waals surface area contributed by atoms with Crippen molar-refractivity contribution in [2.24, 2.45) is 17.8 Å². The second kappa shape index (κ2) is 14.4. The second-order valence-corrected chi connectivity index (χ2v) is 8.66. The van der Waals surface area contributed by atoms with E-state index >= 15 is 0 Å². The lowest BCUT2D eigenvalue weighted by molar-refractivity contribution is -0.191. The first kappa shape index (κ1) is 24.4. The minimum Gasteiger partial charge on any atom is -0.391 e. The Hall–Kier alpha value is -0.640. The number of allylic oxidation sites excluding steroid dienone is 4. The normalized spacial score (nSPS) is 22.3. The van der Waals surface area contributed by atoms with Crippen molar-refractivity contribution in [3.05, 3.63) is 24.3 Å². The van der Waals surface area contributed by atoms with Crippen molar-refractivity contribution in [1.29, 1.82) is 0 Å². The summed E-state index contributed by atoms with van der Waals surface area (Å²) in [6.45, 7) is 4.03. The van der Waals surface area contributed by atoms with E-state index in [0.29, 0.717) is 12.3 Å². The summed E-state index contributed by atoms with van der Waals surface area (Å²) in [5, 5.41) is 27.5. The lowest BCUT2D eigenvalue weighted by Gasteiger charge is -2.17. The van der Waals surface area contributed by atoms with Gasteiger partial charge in [0.15, 0.2) is 5.79 Å². The topological polar surface area (TPSA) is 60.7 Å². The van der Waals surface area contributed by atoms with Gasteiger partial charge in [-0.3, -0.25) is 0 Å². The highest BCUT2D eigenvalue weighted by atomic mass is 16.5. The zero-order chi connectivity index (χ0) is 20.0. The summed E-state index contributed by atoms with van der Waals surface area (Å²) in [6, 6.07) is 0. The van der Waals surface area contributed by atoms with Gasteiger partial charge in [-0.05, 0) is 56.3 Å². The lowest BCUT2D eigenvalue weighted by Crippen LogP contribution is -2.32. The molecule has 0 aromatic heterocycles. The minimum absolute atomic E-state index is 0.221. The van der Waals surface area contributed by atoms with Crippen LogP contribution in [0.5, 0.6) is 0 Å². The van der Waals surface area contributed by atoms with Crippen molar-refractivity contribution in [3.8, 4) is 0 Å². The predicted molar refractivity (Wildman–Crippen MR) is 114 cm³/mol. The molecule has 0 aromatic carbocycles. The Balaban J connectivity index is 2.21. The third kappa shape index (κ3) is 11.7. The molecule has 1 rings (SSSR count). The molecule has 1 saturated carbocycles. The summed E-state index contributed by atoms with van der Waals surface area (Å²) in [6.07, 6.45) is 24.4. The van der Waals surface area contributed by atoms with Crippen LogP contribution in [0.1, 0.15) is 97.3 Å². The molecule has 0 heterocycles. The minimum atomic E-state index is -1.91. The number of aliphatic hydroxyl groups excluding tert-OH is 1. The molecule has 3 heteroatoms. The van der Waals surface area contributed by atoms with E-state index in [1.807, 2.05) is 0 Å². The van der Waals surface area contributed by atoms with Gasteiger partial charge in [-0.15, -0.1) is 0 Å². The molecule has 158 valence electrons. The van der Waals surface area contributed by atoms with E-state index in [0.717, 1.165) is 24.7 Å². The summed E-state index contributed by atoms with van der Waals surface area (Å²) >= 11 is 0. The molecule has 1 aliphatic rings. The van der Waals surface area contributed by atoms with Crippen LogP contribution in [0, 0.1) is 17.8 Å². The molecule has 0 unspecified atom stereocenters. The van der Waals surface area contributed by atoms with Crippen LogP contribution in [0.4, 0.5) is 0 Å². The Morgan fingerprint density at radius 3 is 2.56 bits per heavy atom. The molecule has 27 heavy (non-hydrogen) atoms. The number of hydrogen-bond acceptors (Lipinski definition) is 3. The fourth-order valence-corrected chi connectivity index (χ4v) is 4.08. The quantitative estimate of drug-likeness (QED) is 0.193. The number of rotatable bonds is 15. The largest absolute Gasteiger partial charge is 0.391 e. The average molecular weight is 381 g/mol. The van der Waals surface area contributed by atoms with Crippen LogP contribution in [-0.4, -0.2) is 27.7 Å². The van der Waals surface area contributed by atoms with Crippen LogP contribution in [0.3, 0.4) is 0 Å². The third-order valence-corrected chi connectivity index (χ3v) is 5.97. The summed E-state index contributed by atoms with van der Waals surface area (Å²) < 4.78 is 0. The second-order valence-electron chi connectivity index (χ2n) is 8.66. The van der Waals surface area contributed by atoms with Crippen LogP contribution < -0.4 is 0 Å². The van der Waals surface area contributed by atoms with E-state index < -0.39 is 12.4 Å². The zero-order valence-corrected chi connectivity index (χ0v) is 17.8. The van der Waals surface area contributed by atoms with Crippen molar-refractivity contribution < 1.29 is 15.3 Å². The zero-order valence-electron chi connectivity index (χ0n) is 17.8. The van der Waals surface area contributed by atoms with Crippen LogP contribution in [-0.2, 0) is 0 Å². The Morgan fingerprint density at radius 2 is 1.81 bits per heavy atom. The van der Waals surface area contributed by atoms with E-state index in [-0.39, 0.29) is 6.42 Å². The molecule has 0 aromatic rings. The highest BCUT2D eigenvalue weighted by Crippen LogP contribution is 2.35. The van der Waals surface area contributed by atoms with Gasteiger partial charge in [-0.2, -0.15) is 0 Å². The average Bonchev–Trinajstić information content (AvgIpc) is 3.10. The highest BCUT2D eigenvalue weighted by Gasteiger charge is 2.24. The number of unbranched alkanes of at least 4 members (excludes halogenated alkanes) is 5. The number of hydrogen-bond donors (Lipinski definition) is 3. The molecule has 3 N–H and O–H groups in total. The van der Waals surface area contributed by atoms with Gasteiger partial charge < -0.3 is 15.3 Å². The predicted octanol–water partition coefficient (Wildman–Crippen LogP) is 5.75. The van der Waals surface area contributed by atoms with Crippen LogP contribution in [0.25, 0.3) is 0 Å². The molecular weight excluding hydrogens is 336 g/mol. The van der Waals surface area contributed by atoms with Crippen LogP contribution in [0.15, 0.2) is 24.3 Å². The van der Waals surface area contributed by atoms with E-state index in [2.05, 4.69) is 38.2 Å². The summed E-state index contributed by atoms with van der Waals surface area (Å²) in [5.41, 5.74) is 0. The van der Waals surface area contributed by atoms with Gasteiger partial charge in [-0.25, -0.2) is 0 Å². The van der Waals surface area contributed by atoms with Crippen molar-refractivity contribution in [2.75, 3.05) is 6.61 Å². The standard InChI is InChI=1S/C24H44O3/c1-3-4-5-6-9-13-21(2)17-18-23-16-12-15-22(23)14-10-7-8-11-19-24(26,27)20-25/h7,10,17-18,21-23,25-27H,3-6,8-9,11-16,19-20H2,1-2H3/b10-7-,18-17+/t21-,22+,23-/m1/s1. The van der Waals surface area contributed by atoms with E-state index in [9.17, 15) is 10.2 Å². The lowest BCUT2D eigenvalue weighted by atomic mass is 9.90. The summed E-state index contributed by atoms with van der Waals surface area (Å²) in [4.78, 5) is 0. The van der Waals surface area contributed by atoms with Crippen molar-refractivity contribution >= 4 is 0 Å². The smallest absolute Gasteiger partial charge is 0.186 e. The third-order valence-electron chi connectivity index (χ3n) is 5.97. The molecule has 0 spiro atoms. The van der Waals surface area contributed by atoms with Gasteiger partial charge in [-0.1, -0.05) is 76.7 Å². The Kier molecular flexibility index (Phi) is 13.0. The highest BCUT2D eigenvalue weighted by molar-refractivity contribution is 4.99. The molecule has 3 atom stereocenters. The summed E-state index contributed by atoms with van der Waals surface area (Å²) in [5.74, 6) is 0.282. The van der Waals surface area contributed by atoms with Crippen LogP contribution in [0.2, 0.25) is 0 Å². The van der Waals surface area contributed by atoms with Crippen LogP contribution >= 0.6 is 0 Å². The maximum Gasteiger partial charge on any atom is 0.186 e. The molecule has 0 radical (unpaired) electrons. The Bertz CT molecular complexity index is 414. The fraction of sp³-hybridized carbons (Fsp3) is 0.833. The van der Waals surface area contributed by atoms with Crippen molar-refractivity contribution in [2.45, 2.75) is 103 Å². The Morgan fingerprint density at radius 1 is 1.04 bits per heavy atom. The Labute approximate surface area is 167 Å². The first-order valence-corrected chi connectivity index (χ1v) is 11.4. The first-order valence-electron chi connectivity index (χ1n) is 11.4. The maximum absolute atomic E-state index is 9.36. The van der Waals surface area contributed by atoms with E-state index in [4.69, 9.17) is 5.11 Å². The monoisotopic (exact) mass is 380 g/mol. The van der Waals surface area contributed by atoms with Gasteiger partial charge in [0.2, 0.25) is 0 Å². The van der Waals surface area contributed by atoms with Crippen molar-refractivity contribution in [1.82, 2.24) is 0 Å². The molecule has 3 nitrogen and oxygen atoms in total. The van der Waals surface area contributed by atoms with Crippen molar-refractivity contribution in [3.63, 3.8) is 0 Å². The molecule has 0 bridgehead atoms. The fourth-order valence-electron chi connectivity index (χ4n) is 4.08. The molecule has 0 aliphatic heterocycles. The summed E-state index contributed by atoms with van der Waals surface area (Å²) in [7, 11) is 0. The molecule has 1 fully saturated rings. The van der Waals surface area contributed by atoms with Gasteiger partial charge >= 0.3 is 0 Å². The molecule has 0 amide bonds. The van der Waals surface area contributed by atoms with Gasteiger partial charge in [0.05, 0.1) is 6.61 Å². The van der Waals surface area contributed by atoms with E-state index in [1.54, 1.807) is 0 Å². The molecule has 0 saturated heterocycles. The van der Waals surface area contributed by atoms with Gasteiger partial charge in [0.25, 0.3) is 0 Å². The molecule has 1 aliphatic carbocycles. The maximum atomic E-state index is 9.36. The van der Waals surface area contributed by atoms with Gasteiger partial charge in [0.1, 0.15) is 0 Å². The first-order chi connectivity index (χ1) is 13.0. The SMILES string of the molecule is CCCCCCC[C@@H](C)/C=C/[C@H]1CCC[C@@H]1C/C=C\CCCC(O)(O)CO. The number of aliphatic hydroxyl groups is 3.